The molecule has 3 heterocycles. The van der Waals surface area contributed by atoms with Crippen LogP contribution < -0.4 is 9.64 Å². The van der Waals surface area contributed by atoms with Gasteiger partial charge in [-0.3, -0.25) is 9.89 Å². The Labute approximate surface area is 288 Å². The van der Waals surface area contributed by atoms with Gasteiger partial charge in [0.25, 0.3) is 0 Å². The van der Waals surface area contributed by atoms with Gasteiger partial charge in [-0.05, 0) is 44.4 Å². The maximum Gasteiger partial charge on any atom is 0.225 e. The number of piperazine rings is 1. The van der Waals surface area contributed by atoms with Crippen LogP contribution in [0.5, 0.6) is 5.75 Å². The fourth-order valence-corrected chi connectivity index (χ4v) is 5.31. The minimum absolute atomic E-state index is 0.0564. The smallest absolute Gasteiger partial charge is 0.225 e. The van der Waals surface area contributed by atoms with E-state index in [-0.39, 0.29) is 11.5 Å². The van der Waals surface area contributed by atoms with Gasteiger partial charge in [-0.15, -0.1) is 0 Å². The molecular formula is C35H52N6O8. The van der Waals surface area contributed by atoms with E-state index < -0.39 is 0 Å². The Kier molecular flexibility index (Phi) is 14.8. The second-order valence-corrected chi connectivity index (χ2v) is 12.4. The Morgan fingerprint density at radius 2 is 1.37 bits per heavy atom. The SMILES string of the molecule is CCCOCCOCCOCCOCCOCCOCCC(=O)N1CCN(c2cc(-c3n[nH]c4ccc(OC5(C)CC5)cc34)ncn2)CC1. The normalized spacial score (nSPS) is 15.6. The Balaban J connectivity index is 0.895. The predicted octanol–water partition coefficient (Wildman–Crippen LogP) is 3.50. The summed E-state index contributed by atoms with van der Waals surface area (Å²) in [5.41, 5.74) is 2.38. The number of carbonyl (C=O) groups excluding carboxylic acids is 1. The number of carbonyl (C=O) groups is 1. The van der Waals surface area contributed by atoms with Gasteiger partial charge in [-0.25, -0.2) is 9.97 Å². The third kappa shape index (κ3) is 12.2. The zero-order valence-electron chi connectivity index (χ0n) is 29.0. The first-order valence-corrected chi connectivity index (χ1v) is 17.5. The fourth-order valence-electron chi connectivity index (χ4n) is 5.31. The monoisotopic (exact) mass is 684 g/mol. The quantitative estimate of drug-likeness (QED) is 0.138. The first-order chi connectivity index (χ1) is 24.0. The topological polar surface area (TPSA) is 143 Å². The van der Waals surface area contributed by atoms with Crippen molar-refractivity contribution in [2.75, 3.05) is 110 Å². The number of benzene rings is 1. The first kappa shape index (κ1) is 36.9. The summed E-state index contributed by atoms with van der Waals surface area (Å²) in [5, 5.41) is 8.62. The molecule has 3 aromatic rings. The Morgan fingerprint density at radius 1 is 0.776 bits per heavy atom. The van der Waals surface area contributed by atoms with Crippen LogP contribution >= 0.6 is 0 Å². The molecule has 1 aromatic carbocycles. The molecule has 14 heteroatoms. The number of aromatic amines is 1. The van der Waals surface area contributed by atoms with Gasteiger partial charge >= 0.3 is 0 Å². The van der Waals surface area contributed by atoms with Crippen molar-refractivity contribution in [3.63, 3.8) is 0 Å². The molecule has 2 fully saturated rings. The van der Waals surface area contributed by atoms with Crippen LogP contribution in [0.4, 0.5) is 5.82 Å². The summed E-state index contributed by atoms with van der Waals surface area (Å²) < 4.78 is 39.1. The lowest BCUT2D eigenvalue weighted by molar-refractivity contribution is -0.132. The molecule has 1 N–H and O–H groups in total. The van der Waals surface area contributed by atoms with Crippen molar-refractivity contribution in [1.82, 2.24) is 25.1 Å². The van der Waals surface area contributed by atoms with Gasteiger partial charge in [0.2, 0.25) is 5.91 Å². The van der Waals surface area contributed by atoms with Crippen molar-refractivity contribution in [2.24, 2.45) is 0 Å². The van der Waals surface area contributed by atoms with Gasteiger partial charge in [-0.1, -0.05) is 6.92 Å². The van der Waals surface area contributed by atoms with Crippen LogP contribution in [0.25, 0.3) is 22.3 Å². The van der Waals surface area contributed by atoms with Crippen LogP contribution in [0.3, 0.4) is 0 Å². The molecule has 2 aromatic heterocycles. The van der Waals surface area contributed by atoms with Crippen molar-refractivity contribution in [2.45, 2.75) is 45.1 Å². The minimum atomic E-state index is -0.0564. The van der Waals surface area contributed by atoms with Crippen LogP contribution in [0, 0.1) is 0 Å². The first-order valence-electron chi connectivity index (χ1n) is 17.5. The van der Waals surface area contributed by atoms with Crippen molar-refractivity contribution >= 4 is 22.6 Å². The van der Waals surface area contributed by atoms with E-state index in [1.807, 2.05) is 29.2 Å². The zero-order valence-corrected chi connectivity index (χ0v) is 29.0. The maximum atomic E-state index is 12.8. The van der Waals surface area contributed by atoms with E-state index in [0.717, 1.165) is 59.7 Å². The van der Waals surface area contributed by atoms with Crippen LogP contribution in [0.2, 0.25) is 0 Å². The van der Waals surface area contributed by atoms with Crippen molar-refractivity contribution in [1.29, 1.82) is 0 Å². The zero-order chi connectivity index (χ0) is 34.2. The number of ether oxygens (including phenoxy) is 7. The highest BCUT2D eigenvalue weighted by atomic mass is 16.6. The summed E-state index contributed by atoms with van der Waals surface area (Å²) in [6, 6.07) is 7.96. The van der Waals surface area contributed by atoms with Crippen molar-refractivity contribution < 1.29 is 38.0 Å². The number of nitrogens with zero attached hydrogens (tertiary/aromatic N) is 5. The molecule has 14 nitrogen and oxygen atoms in total. The highest BCUT2D eigenvalue weighted by Crippen LogP contribution is 2.40. The van der Waals surface area contributed by atoms with Crippen LogP contribution in [0.1, 0.15) is 39.5 Å². The molecule has 0 unspecified atom stereocenters. The summed E-state index contributed by atoms with van der Waals surface area (Å²) in [6.45, 7) is 13.2. The fraction of sp³-hybridized carbons (Fsp3) is 0.657. The highest BCUT2D eigenvalue weighted by molar-refractivity contribution is 5.93. The Hall–Kier alpha value is -3.40. The number of hydrogen-bond donors (Lipinski definition) is 1. The lowest BCUT2D eigenvalue weighted by Gasteiger charge is -2.35. The molecule has 0 spiro atoms. The Morgan fingerprint density at radius 3 is 1.96 bits per heavy atom. The number of aromatic nitrogens is 4. The number of hydrogen-bond acceptors (Lipinski definition) is 12. The van der Waals surface area contributed by atoms with Gasteiger partial charge in [0.1, 0.15) is 29.2 Å². The molecule has 0 radical (unpaired) electrons. The average Bonchev–Trinajstić information content (AvgIpc) is 3.70. The molecular weight excluding hydrogens is 632 g/mol. The minimum Gasteiger partial charge on any atom is -0.488 e. The van der Waals surface area contributed by atoms with Gasteiger partial charge < -0.3 is 43.0 Å². The van der Waals surface area contributed by atoms with E-state index in [0.29, 0.717) is 105 Å². The second-order valence-electron chi connectivity index (χ2n) is 12.4. The number of nitrogens with one attached hydrogen (secondary N) is 1. The summed E-state index contributed by atoms with van der Waals surface area (Å²) in [7, 11) is 0. The number of H-pyrrole nitrogens is 1. The van der Waals surface area contributed by atoms with Crippen LogP contribution in [-0.4, -0.2) is 142 Å². The largest absolute Gasteiger partial charge is 0.488 e. The third-order valence-electron chi connectivity index (χ3n) is 8.37. The van der Waals surface area contributed by atoms with E-state index in [1.54, 1.807) is 6.33 Å². The summed E-state index contributed by atoms with van der Waals surface area (Å²) in [6.07, 6.45) is 5.08. The van der Waals surface area contributed by atoms with E-state index in [9.17, 15) is 4.79 Å². The summed E-state index contributed by atoms with van der Waals surface area (Å²) >= 11 is 0. The maximum absolute atomic E-state index is 12.8. The predicted molar refractivity (Wildman–Crippen MR) is 184 cm³/mol. The molecule has 0 bridgehead atoms. The summed E-state index contributed by atoms with van der Waals surface area (Å²) in [4.78, 5) is 25.9. The van der Waals surface area contributed by atoms with Crippen molar-refractivity contribution in [3.05, 3.63) is 30.6 Å². The van der Waals surface area contributed by atoms with Crippen LogP contribution in [-0.2, 0) is 33.2 Å². The van der Waals surface area contributed by atoms with E-state index in [2.05, 4.69) is 38.9 Å². The van der Waals surface area contributed by atoms with E-state index in [1.165, 1.54) is 0 Å². The number of anilines is 1. The van der Waals surface area contributed by atoms with Gasteiger partial charge in [0.05, 0.1) is 90.3 Å². The molecule has 1 aliphatic heterocycles. The molecule has 270 valence electrons. The standard InChI is InChI=1S/C35H52N6O8/c1-3-13-43-15-17-45-19-21-47-23-24-48-22-20-46-18-16-44-14-6-33(42)41-11-9-40(10-12-41)32-26-31(36-27-37-32)34-29-25-28(49-35(2)7-8-35)4-5-30(29)38-39-34/h4-5,25-27H,3,6-24H2,1-2H3,(H,38,39). The Bertz CT molecular complexity index is 1410. The average molecular weight is 685 g/mol. The molecule has 1 aliphatic carbocycles. The molecule has 0 atom stereocenters. The third-order valence-corrected chi connectivity index (χ3v) is 8.37. The molecule has 1 amide bonds. The molecule has 5 rings (SSSR count). The molecule has 2 aliphatic rings. The summed E-state index contributed by atoms with van der Waals surface area (Å²) in [5.74, 6) is 1.75. The molecule has 1 saturated carbocycles. The number of amides is 1. The highest BCUT2D eigenvalue weighted by Gasteiger charge is 2.40. The molecule has 49 heavy (non-hydrogen) atoms. The van der Waals surface area contributed by atoms with E-state index in [4.69, 9.17) is 33.2 Å². The van der Waals surface area contributed by atoms with Gasteiger partial charge in [-0.2, -0.15) is 5.10 Å². The van der Waals surface area contributed by atoms with Crippen molar-refractivity contribution in [3.8, 4) is 17.1 Å². The lowest BCUT2D eigenvalue weighted by Crippen LogP contribution is -2.49. The lowest BCUT2D eigenvalue weighted by atomic mass is 10.1. The van der Waals surface area contributed by atoms with Gasteiger partial charge in [0, 0.05) is 44.2 Å². The molecule has 1 saturated heterocycles. The number of fused-ring (bicyclic) bond motifs is 1. The van der Waals surface area contributed by atoms with E-state index >= 15 is 0 Å². The second kappa shape index (κ2) is 19.7. The number of rotatable bonds is 24. The van der Waals surface area contributed by atoms with Gasteiger partial charge in [0.15, 0.2) is 0 Å². The van der Waals surface area contributed by atoms with Crippen LogP contribution in [0.15, 0.2) is 30.6 Å².